The quantitative estimate of drug-likeness (QED) is 0.811. The van der Waals surface area contributed by atoms with E-state index in [1.807, 2.05) is 40.1 Å². The highest BCUT2D eigenvalue weighted by atomic mass is 16.2. The Kier molecular flexibility index (Phi) is 5.36. The Hall–Kier alpha value is -2.37. The molecule has 2 fully saturated rings. The minimum Gasteiger partial charge on any atom is -0.339 e. The van der Waals surface area contributed by atoms with Crippen LogP contribution in [0.3, 0.4) is 0 Å². The van der Waals surface area contributed by atoms with Gasteiger partial charge in [0.1, 0.15) is 0 Å². The molecule has 1 aromatic carbocycles. The zero-order chi connectivity index (χ0) is 17.8. The summed E-state index contributed by atoms with van der Waals surface area (Å²) in [7, 11) is 0. The van der Waals surface area contributed by atoms with E-state index in [1.54, 1.807) is 11.8 Å². The second-order valence-electron chi connectivity index (χ2n) is 6.76. The van der Waals surface area contributed by atoms with Crippen LogP contribution in [0.2, 0.25) is 0 Å². The summed E-state index contributed by atoms with van der Waals surface area (Å²) >= 11 is 0. The first-order valence-electron chi connectivity index (χ1n) is 8.95. The molecule has 0 N–H and O–H groups in total. The van der Waals surface area contributed by atoms with Gasteiger partial charge < -0.3 is 14.7 Å². The van der Waals surface area contributed by atoms with Crippen molar-refractivity contribution in [1.29, 1.82) is 0 Å². The van der Waals surface area contributed by atoms with Gasteiger partial charge >= 0.3 is 0 Å². The van der Waals surface area contributed by atoms with Crippen LogP contribution in [-0.2, 0) is 9.59 Å². The van der Waals surface area contributed by atoms with Crippen LogP contribution in [0.25, 0.3) is 0 Å². The van der Waals surface area contributed by atoms with Crippen LogP contribution < -0.4 is 0 Å². The van der Waals surface area contributed by atoms with Crippen LogP contribution >= 0.6 is 0 Å². The maximum absolute atomic E-state index is 12.7. The highest BCUT2D eigenvalue weighted by molar-refractivity contribution is 5.94. The van der Waals surface area contributed by atoms with Gasteiger partial charge in [-0.15, -0.1) is 0 Å². The molecule has 1 aromatic rings. The second kappa shape index (κ2) is 7.68. The molecular formula is C19H25N3O3. The van der Waals surface area contributed by atoms with Crippen LogP contribution in [0, 0.1) is 5.92 Å². The molecule has 0 saturated carbocycles. The van der Waals surface area contributed by atoms with Gasteiger partial charge in [0.15, 0.2) is 0 Å². The summed E-state index contributed by atoms with van der Waals surface area (Å²) < 4.78 is 0. The molecule has 0 unspecified atom stereocenters. The van der Waals surface area contributed by atoms with E-state index >= 15 is 0 Å². The molecule has 6 nitrogen and oxygen atoms in total. The molecule has 134 valence electrons. The molecule has 3 amide bonds. The van der Waals surface area contributed by atoms with Gasteiger partial charge in [-0.3, -0.25) is 14.4 Å². The summed E-state index contributed by atoms with van der Waals surface area (Å²) in [6.45, 7) is 5.27. The lowest BCUT2D eigenvalue weighted by atomic mass is 9.94. The number of carbonyl (C=O) groups is 3. The predicted octanol–water partition coefficient (Wildman–Crippen LogP) is 1.23. The number of rotatable bonds is 2. The van der Waals surface area contributed by atoms with Gasteiger partial charge in [-0.2, -0.15) is 0 Å². The van der Waals surface area contributed by atoms with Crippen LogP contribution in [-0.4, -0.2) is 71.7 Å². The number of hydrogen-bond acceptors (Lipinski definition) is 3. The van der Waals surface area contributed by atoms with Gasteiger partial charge in [0, 0.05) is 57.7 Å². The monoisotopic (exact) mass is 343 g/mol. The fraction of sp³-hybridized carbons (Fsp3) is 0.526. The second-order valence-corrected chi connectivity index (χ2v) is 6.76. The first kappa shape index (κ1) is 17.5. The van der Waals surface area contributed by atoms with Crippen molar-refractivity contribution < 1.29 is 14.4 Å². The largest absolute Gasteiger partial charge is 0.339 e. The standard InChI is InChI=1S/C19H25N3O3/c1-15(23)20-11-13-22(14-12-20)19(25)17-7-9-21(10-8-17)18(24)16-5-3-2-4-6-16/h2-6,17H,7-14H2,1H3. The number of hydrogen-bond donors (Lipinski definition) is 0. The van der Waals surface area contributed by atoms with E-state index in [2.05, 4.69) is 0 Å². The van der Waals surface area contributed by atoms with Crippen molar-refractivity contribution in [3.8, 4) is 0 Å². The molecule has 0 radical (unpaired) electrons. The lowest BCUT2D eigenvalue weighted by Crippen LogP contribution is -2.52. The summed E-state index contributed by atoms with van der Waals surface area (Å²) in [5.41, 5.74) is 0.702. The number of amides is 3. The lowest BCUT2D eigenvalue weighted by molar-refractivity contribution is -0.142. The van der Waals surface area contributed by atoms with Crippen molar-refractivity contribution >= 4 is 17.7 Å². The van der Waals surface area contributed by atoms with E-state index in [0.717, 1.165) is 0 Å². The Morgan fingerprint density at radius 3 is 1.92 bits per heavy atom. The number of benzene rings is 1. The summed E-state index contributed by atoms with van der Waals surface area (Å²) in [5.74, 6) is 0.278. The zero-order valence-electron chi connectivity index (χ0n) is 14.7. The minimum absolute atomic E-state index is 0.0105. The van der Waals surface area contributed by atoms with Gasteiger partial charge in [0.2, 0.25) is 11.8 Å². The first-order valence-corrected chi connectivity index (χ1v) is 8.95. The van der Waals surface area contributed by atoms with Gasteiger partial charge in [-0.05, 0) is 25.0 Å². The predicted molar refractivity (Wildman–Crippen MR) is 93.9 cm³/mol. The van der Waals surface area contributed by atoms with Gasteiger partial charge in [-0.1, -0.05) is 18.2 Å². The number of piperidine rings is 1. The fourth-order valence-electron chi connectivity index (χ4n) is 3.59. The maximum atomic E-state index is 12.7. The highest BCUT2D eigenvalue weighted by Gasteiger charge is 2.32. The van der Waals surface area contributed by atoms with E-state index < -0.39 is 0 Å². The first-order chi connectivity index (χ1) is 12.1. The smallest absolute Gasteiger partial charge is 0.253 e. The lowest BCUT2D eigenvalue weighted by Gasteiger charge is -2.38. The summed E-state index contributed by atoms with van der Waals surface area (Å²) in [6, 6.07) is 9.28. The third kappa shape index (κ3) is 4.00. The molecule has 2 heterocycles. The number of likely N-dealkylation sites (tertiary alicyclic amines) is 1. The number of piperazine rings is 1. The van der Waals surface area contributed by atoms with Crippen molar-refractivity contribution in [3.63, 3.8) is 0 Å². The number of carbonyl (C=O) groups excluding carboxylic acids is 3. The molecule has 3 rings (SSSR count). The van der Waals surface area contributed by atoms with Crippen molar-refractivity contribution in [1.82, 2.24) is 14.7 Å². The van der Waals surface area contributed by atoms with Crippen LogP contribution in [0.15, 0.2) is 30.3 Å². The number of nitrogens with zero attached hydrogens (tertiary/aromatic N) is 3. The zero-order valence-corrected chi connectivity index (χ0v) is 14.7. The molecule has 2 saturated heterocycles. The molecule has 6 heteroatoms. The average Bonchev–Trinajstić information content (AvgIpc) is 2.67. The molecule has 0 bridgehead atoms. The van der Waals surface area contributed by atoms with Crippen LogP contribution in [0.4, 0.5) is 0 Å². The topological polar surface area (TPSA) is 60.9 Å². The van der Waals surface area contributed by atoms with E-state index in [9.17, 15) is 14.4 Å². The third-order valence-corrected chi connectivity index (χ3v) is 5.19. The molecule has 0 aromatic heterocycles. The summed E-state index contributed by atoms with van der Waals surface area (Å²) in [6.07, 6.45) is 1.43. The molecular weight excluding hydrogens is 318 g/mol. The fourth-order valence-corrected chi connectivity index (χ4v) is 3.59. The SMILES string of the molecule is CC(=O)N1CCN(C(=O)C2CCN(C(=O)c3ccccc3)CC2)CC1. The van der Waals surface area contributed by atoms with E-state index in [-0.39, 0.29) is 23.6 Å². The van der Waals surface area contributed by atoms with Crippen molar-refractivity contribution in [2.75, 3.05) is 39.3 Å². The van der Waals surface area contributed by atoms with Gasteiger partial charge in [0.05, 0.1) is 0 Å². The Balaban J connectivity index is 1.50. The van der Waals surface area contributed by atoms with Crippen LogP contribution in [0.1, 0.15) is 30.1 Å². The van der Waals surface area contributed by atoms with Gasteiger partial charge in [-0.25, -0.2) is 0 Å². The minimum atomic E-state index is -0.0105. The van der Waals surface area contributed by atoms with E-state index in [0.29, 0.717) is 57.7 Å². The Morgan fingerprint density at radius 2 is 1.36 bits per heavy atom. The van der Waals surface area contributed by atoms with Crippen LogP contribution in [0.5, 0.6) is 0 Å². The van der Waals surface area contributed by atoms with Crippen molar-refractivity contribution in [3.05, 3.63) is 35.9 Å². The molecule has 2 aliphatic rings. The van der Waals surface area contributed by atoms with Crippen molar-refractivity contribution in [2.45, 2.75) is 19.8 Å². The maximum Gasteiger partial charge on any atom is 0.253 e. The van der Waals surface area contributed by atoms with Gasteiger partial charge in [0.25, 0.3) is 5.91 Å². The third-order valence-electron chi connectivity index (χ3n) is 5.19. The molecule has 0 spiro atoms. The van der Waals surface area contributed by atoms with Crippen molar-refractivity contribution in [2.24, 2.45) is 5.92 Å². The van der Waals surface area contributed by atoms with E-state index in [1.165, 1.54) is 0 Å². The summed E-state index contributed by atoms with van der Waals surface area (Å²) in [4.78, 5) is 42.0. The highest BCUT2D eigenvalue weighted by Crippen LogP contribution is 2.22. The molecule has 25 heavy (non-hydrogen) atoms. The molecule has 2 aliphatic heterocycles. The Bertz CT molecular complexity index is 631. The Morgan fingerprint density at radius 1 is 0.800 bits per heavy atom. The normalized spacial score (nSPS) is 19.0. The Labute approximate surface area is 148 Å². The average molecular weight is 343 g/mol. The van der Waals surface area contributed by atoms with E-state index in [4.69, 9.17) is 0 Å². The molecule has 0 aliphatic carbocycles. The summed E-state index contributed by atoms with van der Waals surface area (Å²) in [5, 5.41) is 0. The molecule has 0 atom stereocenters.